The molecule has 3 aliphatic heterocycles. The second-order valence-corrected chi connectivity index (χ2v) is 14.1. The zero-order valence-corrected chi connectivity index (χ0v) is 28.4. The molecule has 0 saturated carbocycles. The van der Waals surface area contributed by atoms with Crippen LogP contribution in [-0.4, -0.2) is 17.6 Å². The number of Topliss-reactive ketones (excluding diaryl/α,β-unsaturated/α-hetero) is 1. The largest absolute Gasteiger partial charge is 0.307 e. The normalized spacial score (nSPS) is 24.1. The summed E-state index contributed by atoms with van der Waals surface area (Å²) in [5, 5.41) is 4.19. The highest BCUT2D eigenvalue weighted by atomic mass is 79.9. The molecule has 6 nitrogen and oxygen atoms in total. The molecule has 0 radical (unpaired) electrons. The van der Waals surface area contributed by atoms with Crippen LogP contribution in [0.2, 0.25) is 5.02 Å². The van der Waals surface area contributed by atoms with Gasteiger partial charge in [-0.2, -0.15) is 0 Å². The van der Waals surface area contributed by atoms with Crippen LogP contribution in [0.1, 0.15) is 40.8 Å². The number of rotatable bonds is 6. The van der Waals surface area contributed by atoms with Gasteiger partial charge in [-0.3, -0.25) is 19.7 Å². The fourth-order valence-corrected chi connectivity index (χ4v) is 8.92. The molecular weight excluding hydrogens is 686 g/mol. The summed E-state index contributed by atoms with van der Waals surface area (Å²) in [6, 6.07) is 39.7. The maximum Gasteiger partial charge on any atom is 0.253 e. The fourth-order valence-electron chi connectivity index (χ4n) is 8.39. The van der Waals surface area contributed by atoms with Gasteiger partial charge in [0.15, 0.2) is 0 Å². The molecule has 1 N–H and O–H groups in total. The molecule has 0 unspecified atom stereocenters. The average Bonchev–Trinajstić information content (AvgIpc) is 3.63. The Morgan fingerprint density at radius 1 is 0.729 bits per heavy atom. The number of fused-ring (bicyclic) bond motifs is 4. The number of nitrogens with one attached hydrogen (secondary N) is 1. The van der Waals surface area contributed by atoms with Gasteiger partial charge >= 0.3 is 0 Å². The summed E-state index contributed by atoms with van der Waals surface area (Å²) in [5.41, 5.74) is 2.34. The smallest absolute Gasteiger partial charge is 0.253 e. The maximum atomic E-state index is 15.5. The standard InChI is InChI=1S/C40H31BrClN3O3/c1-25(46)35-39(32-22-30(42)18-20-33(32)44(37(39)47)23-26-11-5-2-6-12-26)36(28-15-9-4-10-16-28)43-40(35)31-19-17-29(41)21-34(31)45(38(40)48)24-27-13-7-3-8-14-27/h2-22,35-36,43H,23-24H2,1H3/t35-,36+,39+,40-/m1/s1. The zero-order chi connectivity index (χ0) is 33.2. The van der Waals surface area contributed by atoms with E-state index in [2.05, 4.69) is 21.2 Å². The first-order chi connectivity index (χ1) is 23.3. The highest BCUT2D eigenvalue weighted by molar-refractivity contribution is 9.10. The van der Waals surface area contributed by atoms with E-state index in [0.717, 1.165) is 21.2 Å². The highest BCUT2D eigenvalue weighted by Crippen LogP contribution is 2.65. The van der Waals surface area contributed by atoms with Gasteiger partial charge in [-0.1, -0.05) is 125 Å². The van der Waals surface area contributed by atoms with Gasteiger partial charge in [-0.25, -0.2) is 0 Å². The van der Waals surface area contributed by atoms with Gasteiger partial charge in [-0.05, 0) is 59.5 Å². The fraction of sp³-hybridized carbons (Fsp3) is 0.175. The van der Waals surface area contributed by atoms with Gasteiger partial charge in [0.1, 0.15) is 16.7 Å². The molecule has 8 rings (SSSR count). The van der Waals surface area contributed by atoms with Crippen LogP contribution in [0, 0.1) is 5.92 Å². The predicted octanol–water partition coefficient (Wildman–Crippen LogP) is 7.88. The Balaban J connectivity index is 1.41. The summed E-state index contributed by atoms with van der Waals surface area (Å²) in [6.07, 6.45) is 0. The number of nitrogens with zero attached hydrogens (tertiary/aromatic N) is 2. The van der Waals surface area contributed by atoms with E-state index in [1.165, 1.54) is 6.92 Å². The summed E-state index contributed by atoms with van der Waals surface area (Å²) < 4.78 is 0.805. The van der Waals surface area contributed by atoms with Crippen LogP contribution in [0.3, 0.4) is 0 Å². The number of benzene rings is 5. The van der Waals surface area contributed by atoms with Gasteiger partial charge in [0, 0.05) is 20.7 Å². The number of hydrogen-bond donors (Lipinski definition) is 1. The molecule has 4 atom stereocenters. The molecule has 2 spiro atoms. The quantitative estimate of drug-likeness (QED) is 0.194. The van der Waals surface area contributed by atoms with Crippen molar-refractivity contribution in [3.8, 4) is 0 Å². The van der Waals surface area contributed by atoms with E-state index in [1.54, 1.807) is 15.9 Å². The van der Waals surface area contributed by atoms with Gasteiger partial charge in [-0.15, -0.1) is 0 Å². The minimum atomic E-state index is -1.55. The van der Waals surface area contributed by atoms with E-state index in [9.17, 15) is 4.79 Å². The van der Waals surface area contributed by atoms with Crippen molar-refractivity contribution >= 4 is 56.5 Å². The number of carbonyl (C=O) groups is 3. The molecule has 238 valence electrons. The third kappa shape index (κ3) is 4.38. The summed E-state index contributed by atoms with van der Waals surface area (Å²) in [4.78, 5) is 48.9. The van der Waals surface area contributed by atoms with Crippen LogP contribution in [0.4, 0.5) is 11.4 Å². The lowest BCUT2D eigenvalue weighted by Crippen LogP contribution is -2.56. The van der Waals surface area contributed by atoms with Crippen LogP contribution in [-0.2, 0) is 38.4 Å². The van der Waals surface area contributed by atoms with Crippen LogP contribution in [0.5, 0.6) is 0 Å². The maximum absolute atomic E-state index is 15.5. The lowest BCUT2D eigenvalue weighted by molar-refractivity contribution is -0.137. The Kier molecular flexibility index (Phi) is 7.40. The second kappa shape index (κ2) is 11.5. The van der Waals surface area contributed by atoms with Gasteiger partial charge in [0.25, 0.3) is 5.91 Å². The third-order valence-electron chi connectivity index (χ3n) is 10.2. The van der Waals surface area contributed by atoms with Crippen molar-refractivity contribution in [2.24, 2.45) is 5.92 Å². The van der Waals surface area contributed by atoms with E-state index in [0.29, 0.717) is 40.6 Å². The van der Waals surface area contributed by atoms with E-state index in [-0.39, 0.29) is 17.6 Å². The lowest BCUT2D eigenvalue weighted by atomic mass is 9.60. The molecule has 48 heavy (non-hydrogen) atoms. The number of hydrogen-bond acceptors (Lipinski definition) is 4. The summed E-state index contributed by atoms with van der Waals surface area (Å²) in [6.45, 7) is 2.11. The number of halogens is 2. The van der Waals surface area contributed by atoms with Crippen molar-refractivity contribution in [1.82, 2.24) is 5.32 Å². The zero-order valence-electron chi connectivity index (χ0n) is 26.1. The van der Waals surface area contributed by atoms with E-state index in [1.807, 2.05) is 121 Å². The summed E-state index contributed by atoms with van der Waals surface area (Å²) in [7, 11) is 0. The van der Waals surface area contributed by atoms with Gasteiger partial charge < -0.3 is 9.80 Å². The molecule has 5 aromatic carbocycles. The second-order valence-electron chi connectivity index (χ2n) is 12.8. The van der Waals surface area contributed by atoms with Crippen molar-refractivity contribution in [2.75, 3.05) is 9.80 Å². The van der Waals surface area contributed by atoms with Gasteiger partial charge in [0.05, 0.1) is 30.7 Å². The molecule has 0 aromatic heterocycles. The van der Waals surface area contributed by atoms with E-state index in [4.69, 9.17) is 11.6 Å². The first-order valence-electron chi connectivity index (χ1n) is 15.9. The van der Waals surface area contributed by atoms with Crippen molar-refractivity contribution in [3.63, 3.8) is 0 Å². The Morgan fingerprint density at radius 2 is 1.31 bits per heavy atom. The van der Waals surface area contributed by atoms with Crippen molar-refractivity contribution in [1.29, 1.82) is 0 Å². The molecule has 2 amide bonds. The summed E-state index contributed by atoms with van der Waals surface area (Å²) >= 11 is 10.4. The van der Waals surface area contributed by atoms with Gasteiger partial charge in [0.2, 0.25) is 5.91 Å². The third-order valence-corrected chi connectivity index (χ3v) is 10.9. The SMILES string of the molecule is CC(=O)[C@@H]1[C@]2(C(=O)N(Cc3ccccc3)c3ccc(Cl)cc32)[C@H](c2ccccc2)N[C@@]12C(=O)N(Cc1ccccc1)c1cc(Br)ccc12. The first kappa shape index (κ1) is 30.8. The van der Waals surface area contributed by atoms with Crippen LogP contribution < -0.4 is 15.1 Å². The number of amides is 2. The first-order valence-corrected chi connectivity index (χ1v) is 17.1. The Morgan fingerprint density at radius 3 is 1.92 bits per heavy atom. The summed E-state index contributed by atoms with van der Waals surface area (Å²) in [5.74, 6) is -1.87. The van der Waals surface area contributed by atoms with Crippen LogP contribution >= 0.6 is 27.5 Å². The molecule has 1 fully saturated rings. The number of ketones is 1. The molecule has 0 aliphatic carbocycles. The molecule has 0 bridgehead atoms. The monoisotopic (exact) mass is 715 g/mol. The minimum absolute atomic E-state index is 0.241. The molecule has 5 aromatic rings. The average molecular weight is 717 g/mol. The van der Waals surface area contributed by atoms with E-state index >= 15 is 9.59 Å². The van der Waals surface area contributed by atoms with Crippen molar-refractivity contribution < 1.29 is 14.4 Å². The molecule has 8 heteroatoms. The topological polar surface area (TPSA) is 69.7 Å². The highest BCUT2D eigenvalue weighted by Gasteiger charge is 2.76. The molecule has 3 aliphatic rings. The number of anilines is 2. The lowest BCUT2D eigenvalue weighted by Gasteiger charge is -2.37. The Hall–Kier alpha value is -4.56. The molecule has 1 saturated heterocycles. The van der Waals surface area contributed by atoms with Crippen molar-refractivity contribution in [3.05, 3.63) is 165 Å². The number of carbonyl (C=O) groups excluding carboxylic acids is 3. The predicted molar refractivity (Wildman–Crippen MR) is 191 cm³/mol. The molecular formula is C40H31BrClN3O3. The Bertz CT molecular complexity index is 2090. The molecule has 3 heterocycles. The van der Waals surface area contributed by atoms with E-state index < -0.39 is 22.9 Å². The Labute approximate surface area is 292 Å². The van der Waals surface area contributed by atoms with Crippen LogP contribution in [0.15, 0.2) is 132 Å². The van der Waals surface area contributed by atoms with Crippen LogP contribution in [0.25, 0.3) is 0 Å². The van der Waals surface area contributed by atoms with Crippen molar-refractivity contribution in [2.45, 2.75) is 37.0 Å². The minimum Gasteiger partial charge on any atom is -0.307 e.